The van der Waals surface area contributed by atoms with Crippen molar-refractivity contribution in [3.05, 3.63) is 41.1 Å². The number of carboxylic acids is 1. The van der Waals surface area contributed by atoms with Crippen molar-refractivity contribution in [1.82, 2.24) is 9.78 Å². The molecule has 1 aliphatic carbocycles. The first kappa shape index (κ1) is 17.4. The van der Waals surface area contributed by atoms with Crippen LogP contribution in [-0.2, 0) is 34.1 Å². The minimum absolute atomic E-state index is 0.0198. The summed E-state index contributed by atoms with van der Waals surface area (Å²) < 4.78 is 34.5. The lowest BCUT2D eigenvalue weighted by Crippen LogP contribution is -2.17. The molecule has 0 saturated heterocycles. The maximum absolute atomic E-state index is 12.8. The lowest BCUT2D eigenvalue weighted by Gasteiger charge is -2.12. The van der Waals surface area contributed by atoms with E-state index in [2.05, 4.69) is 9.82 Å². The summed E-state index contributed by atoms with van der Waals surface area (Å²) in [6.45, 7) is 0.962. The molecule has 9 heteroatoms. The normalized spacial score (nSPS) is 13.6. The third-order valence-electron chi connectivity index (χ3n) is 4.11. The van der Waals surface area contributed by atoms with Gasteiger partial charge in [0.2, 0.25) is 0 Å². The molecule has 0 fully saturated rings. The summed E-state index contributed by atoms with van der Waals surface area (Å²) in [5.41, 5.74) is 1.45. The molecule has 0 spiro atoms. The van der Waals surface area contributed by atoms with Crippen LogP contribution in [0.4, 0.5) is 5.82 Å². The van der Waals surface area contributed by atoms with Crippen molar-refractivity contribution in [2.24, 2.45) is 0 Å². The van der Waals surface area contributed by atoms with Gasteiger partial charge in [0.05, 0.1) is 23.6 Å². The van der Waals surface area contributed by atoms with Crippen LogP contribution in [-0.4, -0.2) is 43.0 Å². The summed E-state index contributed by atoms with van der Waals surface area (Å²) in [4.78, 5) is 11.3. The molecule has 2 aromatic rings. The number of ether oxygens (including phenoxy) is 1. The van der Waals surface area contributed by atoms with Gasteiger partial charge in [-0.1, -0.05) is 0 Å². The fraction of sp³-hybridized carbons (Fsp3) is 0.375. The molecule has 1 aliphatic rings. The maximum Gasteiger partial charge on any atom is 0.335 e. The molecule has 2 N–H and O–H groups in total. The number of sulfonamides is 1. The van der Waals surface area contributed by atoms with E-state index < -0.39 is 16.0 Å². The summed E-state index contributed by atoms with van der Waals surface area (Å²) in [7, 11) is -2.35. The average molecular weight is 365 g/mol. The largest absolute Gasteiger partial charge is 0.478 e. The van der Waals surface area contributed by atoms with Gasteiger partial charge in [0.1, 0.15) is 0 Å². The Morgan fingerprint density at radius 2 is 2.20 bits per heavy atom. The predicted molar refractivity (Wildman–Crippen MR) is 90.3 cm³/mol. The molecule has 8 nitrogen and oxygen atoms in total. The topological polar surface area (TPSA) is 111 Å². The van der Waals surface area contributed by atoms with Gasteiger partial charge in [-0.05, 0) is 42.5 Å². The van der Waals surface area contributed by atoms with Crippen LogP contribution in [0.2, 0.25) is 0 Å². The number of nitrogens with one attached hydrogen (secondary N) is 1. The zero-order chi connectivity index (χ0) is 18.0. The molecule has 0 bridgehead atoms. The first-order valence-electron chi connectivity index (χ1n) is 7.85. The highest BCUT2D eigenvalue weighted by molar-refractivity contribution is 7.92. The number of hydrogen-bond donors (Lipinski definition) is 2. The Kier molecular flexibility index (Phi) is 4.78. The van der Waals surface area contributed by atoms with E-state index in [9.17, 15) is 18.3 Å². The number of anilines is 1. The standard InChI is InChI=1S/C16H19N3O5S/c1-24-8-7-19-6-5-15(17-19)18-25(22,23)14-10-12(16(20)21)9-11-3-2-4-13(11)14/h5-6,9-10H,2-4,7-8H2,1H3,(H,17,18)(H,20,21). The summed E-state index contributed by atoms with van der Waals surface area (Å²) in [5, 5.41) is 13.4. The number of aromatic nitrogens is 2. The molecule has 0 atom stereocenters. The number of benzene rings is 1. The number of fused-ring (bicyclic) bond motifs is 1. The van der Waals surface area contributed by atoms with E-state index >= 15 is 0 Å². The van der Waals surface area contributed by atoms with Crippen molar-refractivity contribution in [1.29, 1.82) is 0 Å². The summed E-state index contributed by atoms with van der Waals surface area (Å²) in [6, 6.07) is 4.33. The Morgan fingerprint density at radius 1 is 1.40 bits per heavy atom. The van der Waals surface area contributed by atoms with Gasteiger partial charge in [-0.3, -0.25) is 9.40 Å². The number of aromatic carboxylic acids is 1. The van der Waals surface area contributed by atoms with Crippen LogP contribution in [0.25, 0.3) is 0 Å². The van der Waals surface area contributed by atoms with Crippen molar-refractivity contribution in [3.8, 4) is 0 Å². The molecular formula is C16H19N3O5S. The average Bonchev–Trinajstić information content (AvgIpc) is 3.20. The number of methoxy groups -OCH3 is 1. The first-order valence-corrected chi connectivity index (χ1v) is 9.33. The molecule has 1 heterocycles. The first-order chi connectivity index (χ1) is 11.9. The fourth-order valence-corrected chi connectivity index (χ4v) is 4.28. The van der Waals surface area contributed by atoms with E-state index in [1.54, 1.807) is 30.1 Å². The number of aryl methyl sites for hydroxylation is 1. The second-order valence-corrected chi connectivity index (χ2v) is 7.48. The van der Waals surface area contributed by atoms with E-state index in [0.717, 1.165) is 12.0 Å². The number of hydrogen-bond acceptors (Lipinski definition) is 5. The van der Waals surface area contributed by atoms with Crippen molar-refractivity contribution in [2.75, 3.05) is 18.4 Å². The summed E-state index contributed by atoms with van der Waals surface area (Å²) in [5.74, 6) is -0.960. The zero-order valence-corrected chi connectivity index (χ0v) is 14.5. The van der Waals surface area contributed by atoms with Gasteiger partial charge in [-0.2, -0.15) is 5.10 Å². The van der Waals surface area contributed by atoms with Crippen LogP contribution in [0.15, 0.2) is 29.3 Å². The number of carbonyl (C=O) groups is 1. The quantitative estimate of drug-likeness (QED) is 0.770. The Morgan fingerprint density at radius 3 is 2.92 bits per heavy atom. The maximum atomic E-state index is 12.8. The number of nitrogens with zero attached hydrogens (tertiary/aromatic N) is 2. The fourth-order valence-electron chi connectivity index (χ4n) is 2.95. The van der Waals surface area contributed by atoms with Gasteiger partial charge in [-0.25, -0.2) is 13.2 Å². The van der Waals surface area contributed by atoms with Crippen LogP contribution in [0, 0.1) is 0 Å². The lowest BCUT2D eigenvalue weighted by atomic mass is 10.1. The van der Waals surface area contributed by atoms with Gasteiger partial charge < -0.3 is 9.84 Å². The van der Waals surface area contributed by atoms with Crippen LogP contribution in [0.1, 0.15) is 27.9 Å². The highest BCUT2D eigenvalue weighted by Gasteiger charge is 2.26. The zero-order valence-electron chi connectivity index (χ0n) is 13.7. The van der Waals surface area contributed by atoms with E-state index in [1.165, 1.54) is 6.07 Å². The smallest absolute Gasteiger partial charge is 0.335 e. The van der Waals surface area contributed by atoms with Crippen molar-refractivity contribution >= 4 is 21.8 Å². The molecule has 3 rings (SSSR count). The van der Waals surface area contributed by atoms with Gasteiger partial charge in [0, 0.05) is 19.4 Å². The van der Waals surface area contributed by atoms with Crippen LogP contribution < -0.4 is 4.72 Å². The summed E-state index contributed by atoms with van der Waals surface area (Å²) in [6.07, 6.45) is 3.76. The third kappa shape index (κ3) is 3.67. The van der Waals surface area contributed by atoms with Gasteiger partial charge in [0.25, 0.3) is 10.0 Å². The molecule has 0 aliphatic heterocycles. The Hall–Kier alpha value is -2.39. The summed E-state index contributed by atoms with van der Waals surface area (Å²) >= 11 is 0. The van der Waals surface area contributed by atoms with Gasteiger partial charge in [0.15, 0.2) is 5.82 Å². The van der Waals surface area contributed by atoms with E-state index in [-0.39, 0.29) is 16.3 Å². The molecule has 0 radical (unpaired) electrons. The van der Waals surface area contributed by atoms with Crippen LogP contribution >= 0.6 is 0 Å². The van der Waals surface area contributed by atoms with Gasteiger partial charge in [-0.15, -0.1) is 0 Å². The molecule has 0 unspecified atom stereocenters. The second-order valence-electron chi connectivity index (χ2n) is 5.83. The molecule has 134 valence electrons. The minimum Gasteiger partial charge on any atom is -0.478 e. The van der Waals surface area contributed by atoms with Crippen LogP contribution in [0.3, 0.4) is 0 Å². The number of carboxylic acid groups (broad SMARTS) is 1. The monoisotopic (exact) mass is 365 g/mol. The van der Waals surface area contributed by atoms with Crippen molar-refractivity contribution in [2.45, 2.75) is 30.7 Å². The Labute approximate surface area is 145 Å². The SMILES string of the molecule is COCCn1ccc(NS(=O)(=O)c2cc(C(=O)O)cc3c2CCC3)n1. The third-order valence-corrected chi connectivity index (χ3v) is 5.54. The van der Waals surface area contributed by atoms with Crippen molar-refractivity contribution in [3.63, 3.8) is 0 Å². The highest BCUT2D eigenvalue weighted by Crippen LogP contribution is 2.31. The second kappa shape index (κ2) is 6.85. The molecule has 1 aromatic carbocycles. The van der Waals surface area contributed by atoms with E-state index in [1.807, 2.05) is 0 Å². The number of rotatable bonds is 7. The van der Waals surface area contributed by atoms with Crippen molar-refractivity contribution < 1.29 is 23.1 Å². The van der Waals surface area contributed by atoms with E-state index in [0.29, 0.717) is 31.6 Å². The van der Waals surface area contributed by atoms with Gasteiger partial charge >= 0.3 is 5.97 Å². The highest BCUT2D eigenvalue weighted by atomic mass is 32.2. The Bertz CT molecular complexity index is 904. The predicted octanol–water partition coefficient (Wildman–Crippen LogP) is 1.52. The molecule has 0 saturated carbocycles. The molecule has 0 amide bonds. The van der Waals surface area contributed by atoms with Crippen LogP contribution in [0.5, 0.6) is 0 Å². The lowest BCUT2D eigenvalue weighted by molar-refractivity contribution is 0.0696. The molecular weight excluding hydrogens is 346 g/mol. The molecule has 25 heavy (non-hydrogen) atoms. The minimum atomic E-state index is -3.92. The molecule has 1 aromatic heterocycles. The van der Waals surface area contributed by atoms with E-state index in [4.69, 9.17) is 4.74 Å². The Balaban J connectivity index is 1.92.